The molecule has 15 heavy (non-hydrogen) atoms. The Morgan fingerprint density at radius 3 is 3.13 bits per heavy atom. The second-order valence-corrected chi connectivity index (χ2v) is 4.02. The molecule has 3 nitrogen and oxygen atoms in total. The Hall–Kier alpha value is -1.09. The van der Waals surface area contributed by atoms with E-state index in [9.17, 15) is 0 Å². The maximum atomic E-state index is 4.16. The summed E-state index contributed by atoms with van der Waals surface area (Å²) in [5.74, 6) is 0. The SMILES string of the molecule is C1=C(CCNCCn2cccn2)CCC1. The summed E-state index contributed by atoms with van der Waals surface area (Å²) in [5.41, 5.74) is 1.64. The van der Waals surface area contributed by atoms with Crippen LogP contribution >= 0.6 is 0 Å². The third-order valence-electron chi connectivity index (χ3n) is 2.83. The van der Waals surface area contributed by atoms with E-state index in [4.69, 9.17) is 0 Å². The summed E-state index contributed by atoms with van der Waals surface area (Å²) in [7, 11) is 0. The van der Waals surface area contributed by atoms with Gasteiger partial charge in [0.2, 0.25) is 0 Å². The fraction of sp³-hybridized carbons (Fsp3) is 0.583. The third-order valence-corrected chi connectivity index (χ3v) is 2.83. The van der Waals surface area contributed by atoms with Crippen LogP contribution in [0.4, 0.5) is 0 Å². The van der Waals surface area contributed by atoms with Crippen LogP contribution in [0, 0.1) is 0 Å². The standard InChI is InChI=1S/C12H19N3/c1-2-5-12(4-1)6-8-13-9-11-15-10-3-7-14-15/h3-4,7,10,13H,1-2,5-6,8-9,11H2. The van der Waals surface area contributed by atoms with Crippen molar-refractivity contribution in [2.45, 2.75) is 32.2 Å². The molecule has 0 aromatic carbocycles. The van der Waals surface area contributed by atoms with Crippen LogP contribution in [0.25, 0.3) is 0 Å². The molecule has 3 heteroatoms. The predicted molar refractivity (Wildman–Crippen MR) is 61.6 cm³/mol. The normalized spacial score (nSPS) is 15.6. The van der Waals surface area contributed by atoms with E-state index >= 15 is 0 Å². The third kappa shape index (κ3) is 3.51. The molecule has 1 aromatic rings. The smallest absolute Gasteiger partial charge is 0.0533 e. The lowest BCUT2D eigenvalue weighted by atomic mass is 10.2. The minimum absolute atomic E-state index is 0.964. The maximum Gasteiger partial charge on any atom is 0.0533 e. The fourth-order valence-corrected chi connectivity index (χ4v) is 1.96. The Labute approximate surface area is 91.2 Å². The Bertz CT molecular complexity index is 301. The second kappa shape index (κ2) is 5.71. The number of aromatic nitrogens is 2. The molecule has 0 fully saturated rings. The highest BCUT2D eigenvalue weighted by atomic mass is 15.3. The number of hydrogen-bond donors (Lipinski definition) is 1. The summed E-state index contributed by atoms with van der Waals surface area (Å²) in [5, 5.41) is 7.61. The van der Waals surface area contributed by atoms with Crippen molar-refractivity contribution in [3.63, 3.8) is 0 Å². The first-order valence-corrected chi connectivity index (χ1v) is 5.81. The molecular weight excluding hydrogens is 186 g/mol. The highest BCUT2D eigenvalue weighted by Crippen LogP contribution is 2.19. The minimum atomic E-state index is 0.964. The monoisotopic (exact) mass is 205 g/mol. The molecule has 0 radical (unpaired) electrons. The van der Waals surface area contributed by atoms with Crippen molar-refractivity contribution in [2.75, 3.05) is 13.1 Å². The van der Waals surface area contributed by atoms with Crippen LogP contribution in [0.2, 0.25) is 0 Å². The van der Waals surface area contributed by atoms with Crippen molar-refractivity contribution >= 4 is 0 Å². The molecule has 1 heterocycles. The quantitative estimate of drug-likeness (QED) is 0.568. The predicted octanol–water partition coefficient (Wildman–Crippen LogP) is 1.97. The molecule has 0 saturated carbocycles. The van der Waals surface area contributed by atoms with Crippen LogP contribution in [0.5, 0.6) is 0 Å². The molecule has 0 bridgehead atoms. The van der Waals surface area contributed by atoms with E-state index in [0.717, 1.165) is 19.6 Å². The molecule has 0 atom stereocenters. The average Bonchev–Trinajstić information content (AvgIpc) is 2.88. The number of rotatable bonds is 6. The lowest BCUT2D eigenvalue weighted by molar-refractivity contribution is 0.554. The number of allylic oxidation sites excluding steroid dienone is 1. The van der Waals surface area contributed by atoms with Crippen LogP contribution in [0.1, 0.15) is 25.7 Å². The molecule has 82 valence electrons. The van der Waals surface area contributed by atoms with Crippen molar-refractivity contribution in [1.29, 1.82) is 0 Å². The van der Waals surface area contributed by atoms with E-state index < -0.39 is 0 Å². The van der Waals surface area contributed by atoms with E-state index in [2.05, 4.69) is 16.5 Å². The van der Waals surface area contributed by atoms with Crippen molar-refractivity contribution in [3.8, 4) is 0 Å². The Morgan fingerprint density at radius 2 is 2.40 bits per heavy atom. The van der Waals surface area contributed by atoms with E-state index in [0.29, 0.717) is 0 Å². The molecule has 0 unspecified atom stereocenters. The van der Waals surface area contributed by atoms with E-state index in [1.807, 2.05) is 23.1 Å². The largest absolute Gasteiger partial charge is 0.315 e. The second-order valence-electron chi connectivity index (χ2n) is 4.02. The van der Waals surface area contributed by atoms with E-state index in [-0.39, 0.29) is 0 Å². The van der Waals surface area contributed by atoms with Gasteiger partial charge in [-0.2, -0.15) is 5.10 Å². The maximum absolute atomic E-state index is 4.16. The van der Waals surface area contributed by atoms with E-state index in [1.54, 1.807) is 5.57 Å². The van der Waals surface area contributed by atoms with Gasteiger partial charge in [-0.25, -0.2) is 0 Å². The van der Waals surface area contributed by atoms with Gasteiger partial charge in [0.05, 0.1) is 6.54 Å². The Morgan fingerprint density at radius 1 is 1.40 bits per heavy atom. The zero-order chi connectivity index (χ0) is 10.3. The van der Waals surface area contributed by atoms with Gasteiger partial charge in [0.1, 0.15) is 0 Å². The molecule has 1 aliphatic carbocycles. The number of nitrogens with zero attached hydrogens (tertiary/aromatic N) is 2. The van der Waals surface area contributed by atoms with Gasteiger partial charge in [0, 0.05) is 18.9 Å². The van der Waals surface area contributed by atoms with Gasteiger partial charge in [-0.1, -0.05) is 11.6 Å². The summed E-state index contributed by atoms with van der Waals surface area (Å²) in [6.07, 6.45) is 11.4. The minimum Gasteiger partial charge on any atom is -0.315 e. The highest BCUT2D eigenvalue weighted by Gasteiger charge is 2.02. The fourth-order valence-electron chi connectivity index (χ4n) is 1.96. The number of nitrogens with one attached hydrogen (secondary N) is 1. The van der Waals surface area contributed by atoms with Crippen LogP contribution in [-0.2, 0) is 6.54 Å². The van der Waals surface area contributed by atoms with Gasteiger partial charge in [-0.05, 0) is 38.3 Å². The highest BCUT2D eigenvalue weighted by molar-refractivity contribution is 5.07. The van der Waals surface area contributed by atoms with Crippen LogP contribution in [0.15, 0.2) is 30.1 Å². The first-order valence-electron chi connectivity index (χ1n) is 5.81. The van der Waals surface area contributed by atoms with Gasteiger partial charge < -0.3 is 5.32 Å². The zero-order valence-corrected chi connectivity index (χ0v) is 9.15. The zero-order valence-electron chi connectivity index (χ0n) is 9.15. The van der Waals surface area contributed by atoms with Gasteiger partial charge in [0.15, 0.2) is 0 Å². The molecule has 0 amide bonds. The van der Waals surface area contributed by atoms with Gasteiger partial charge >= 0.3 is 0 Å². The molecule has 1 aliphatic rings. The molecule has 1 N–H and O–H groups in total. The van der Waals surface area contributed by atoms with E-state index in [1.165, 1.54) is 25.7 Å². The van der Waals surface area contributed by atoms with Crippen LogP contribution in [-0.4, -0.2) is 22.9 Å². The first-order chi connectivity index (χ1) is 7.45. The number of hydrogen-bond acceptors (Lipinski definition) is 2. The molecule has 1 aromatic heterocycles. The molecule has 2 rings (SSSR count). The lowest BCUT2D eigenvalue weighted by Crippen LogP contribution is -2.21. The summed E-state index contributed by atoms with van der Waals surface area (Å²) < 4.78 is 1.96. The summed E-state index contributed by atoms with van der Waals surface area (Å²) in [4.78, 5) is 0. The first kappa shape index (κ1) is 10.4. The lowest BCUT2D eigenvalue weighted by Gasteiger charge is -2.05. The van der Waals surface area contributed by atoms with Gasteiger partial charge in [-0.15, -0.1) is 0 Å². The molecular formula is C12H19N3. The molecule has 0 aliphatic heterocycles. The topological polar surface area (TPSA) is 29.9 Å². The molecule has 0 spiro atoms. The van der Waals surface area contributed by atoms with Crippen molar-refractivity contribution in [1.82, 2.24) is 15.1 Å². The molecule has 0 saturated heterocycles. The van der Waals surface area contributed by atoms with Crippen molar-refractivity contribution in [2.24, 2.45) is 0 Å². The Kier molecular flexibility index (Phi) is 3.97. The van der Waals surface area contributed by atoms with Gasteiger partial charge in [0.25, 0.3) is 0 Å². The summed E-state index contributed by atoms with van der Waals surface area (Å²) >= 11 is 0. The Balaban J connectivity index is 1.52. The summed E-state index contributed by atoms with van der Waals surface area (Å²) in [6, 6.07) is 1.96. The van der Waals surface area contributed by atoms with Gasteiger partial charge in [-0.3, -0.25) is 4.68 Å². The average molecular weight is 205 g/mol. The van der Waals surface area contributed by atoms with Crippen molar-refractivity contribution < 1.29 is 0 Å². The summed E-state index contributed by atoms with van der Waals surface area (Å²) in [6.45, 7) is 3.08. The van der Waals surface area contributed by atoms with Crippen LogP contribution < -0.4 is 5.32 Å². The van der Waals surface area contributed by atoms with Crippen molar-refractivity contribution in [3.05, 3.63) is 30.1 Å². The van der Waals surface area contributed by atoms with Crippen LogP contribution in [0.3, 0.4) is 0 Å².